The van der Waals surface area contributed by atoms with Crippen molar-refractivity contribution in [1.29, 1.82) is 0 Å². The Morgan fingerprint density at radius 2 is 2.00 bits per heavy atom. The molecule has 0 heterocycles. The quantitative estimate of drug-likeness (QED) is 0.625. The van der Waals surface area contributed by atoms with Crippen LogP contribution in [0.3, 0.4) is 0 Å². The molecule has 5 heteroatoms. The number of esters is 1. The van der Waals surface area contributed by atoms with E-state index in [0.717, 1.165) is 0 Å². The van der Waals surface area contributed by atoms with E-state index in [-0.39, 0.29) is 18.5 Å². The standard InChI is InChI=1S/C14H27NO4/c1-4-19-12(17)11-5-7-14(18,8-6-11)9-15-13(2,3)10-16/h11,15-16,18H,4-10H2,1-3H3. The van der Waals surface area contributed by atoms with E-state index < -0.39 is 11.1 Å². The van der Waals surface area contributed by atoms with Crippen LogP contribution in [0.2, 0.25) is 0 Å². The summed E-state index contributed by atoms with van der Waals surface area (Å²) < 4.78 is 5.01. The molecule has 0 aromatic carbocycles. The van der Waals surface area contributed by atoms with Crippen molar-refractivity contribution in [1.82, 2.24) is 5.32 Å². The molecule has 5 nitrogen and oxygen atoms in total. The van der Waals surface area contributed by atoms with Crippen LogP contribution < -0.4 is 5.32 Å². The molecule has 1 fully saturated rings. The van der Waals surface area contributed by atoms with E-state index >= 15 is 0 Å². The summed E-state index contributed by atoms with van der Waals surface area (Å²) in [5.41, 5.74) is -1.18. The zero-order valence-electron chi connectivity index (χ0n) is 12.2. The maximum atomic E-state index is 11.6. The number of aliphatic hydroxyl groups is 2. The summed E-state index contributed by atoms with van der Waals surface area (Å²) in [4.78, 5) is 11.6. The zero-order chi connectivity index (χ0) is 14.5. The van der Waals surface area contributed by atoms with Gasteiger partial charge in [-0.05, 0) is 46.5 Å². The number of ether oxygens (including phenoxy) is 1. The van der Waals surface area contributed by atoms with Crippen molar-refractivity contribution >= 4 is 5.97 Å². The van der Waals surface area contributed by atoms with Gasteiger partial charge in [0.15, 0.2) is 0 Å². The van der Waals surface area contributed by atoms with Crippen molar-refractivity contribution in [2.75, 3.05) is 19.8 Å². The highest BCUT2D eigenvalue weighted by Gasteiger charge is 2.37. The molecule has 1 rings (SSSR count). The maximum Gasteiger partial charge on any atom is 0.308 e. The summed E-state index contributed by atoms with van der Waals surface area (Å²) in [6.07, 6.45) is 2.50. The topological polar surface area (TPSA) is 78.8 Å². The van der Waals surface area contributed by atoms with Crippen LogP contribution >= 0.6 is 0 Å². The van der Waals surface area contributed by atoms with E-state index in [4.69, 9.17) is 4.74 Å². The predicted molar refractivity (Wildman–Crippen MR) is 72.7 cm³/mol. The van der Waals surface area contributed by atoms with Crippen molar-refractivity contribution < 1.29 is 19.7 Å². The molecule has 0 aromatic heterocycles. The van der Waals surface area contributed by atoms with Gasteiger partial charge < -0.3 is 20.3 Å². The lowest BCUT2D eigenvalue weighted by Gasteiger charge is -2.37. The van der Waals surface area contributed by atoms with Crippen LogP contribution in [0.25, 0.3) is 0 Å². The number of β-amino-alcohol motifs (C(OH)–C–C–N with tert-alkyl or cyclic N) is 1. The van der Waals surface area contributed by atoms with E-state index in [2.05, 4.69) is 5.32 Å². The predicted octanol–water partition coefficient (Wildman–Crippen LogP) is 0.831. The van der Waals surface area contributed by atoms with Crippen molar-refractivity contribution in [3.8, 4) is 0 Å². The highest BCUT2D eigenvalue weighted by atomic mass is 16.5. The number of rotatable bonds is 6. The van der Waals surface area contributed by atoms with E-state index in [1.54, 1.807) is 6.92 Å². The van der Waals surface area contributed by atoms with Gasteiger partial charge in [-0.1, -0.05) is 0 Å². The van der Waals surface area contributed by atoms with Gasteiger partial charge in [0.05, 0.1) is 24.7 Å². The molecule has 1 saturated carbocycles. The lowest BCUT2D eigenvalue weighted by Crippen LogP contribution is -2.52. The summed E-state index contributed by atoms with van der Waals surface area (Å²) >= 11 is 0. The molecule has 0 radical (unpaired) electrons. The van der Waals surface area contributed by atoms with Crippen molar-refractivity contribution in [2.24, 2.45) is 5.92 Å². The zero-order valence-corrected chi connectivity index (χ0v) is 12.2. The third-order valence-electron chi connectivity index (χ3n) is 3.83. The SMILES string of the molecule is CCOC(=O)C1CCC(O)(CNC(C)(C)CO)CC1. The summed E-state index contributed by atoms with van der Waals surface area (Å²) in [7, 11) is 0. The lowest BCUT2D eigenvalue weighted by atomic mass is 9.78. The van der Waals surface area contributed by atoms with Gasteiger partial charge in [0.25, 0.3) is 0 Å². The number of hydrogen-bond acceptors (Lipinski definition) is 5. The van der Waals surface area contributed by atoms with Gasteiger partial charge in [-0.15, -0.1) is 0 Å². The molecule has 1 aliphatic carbocycles. The molecule has 112 valence electrons. The molecule has 19 heavy (non-hydrogen) atoms. The van der Waals surface area contributed by atoms with Crippen LogP contribution in [-0.4, -0.2) is 47.1 Å². The molecular formula is C14H27NO4. The first-order valence-corrected chi connectivity index (χ1v) is 7.07. The second-order valence-electron chi connectivity index (χ2n) is 6.15. The second-order valence-corrected chi connectivity index (χ2v) is 6.15. The third-order valence-corrected chi connectivity index (χ3v) is 3.83. The van der Waals surface area contributed by atoms with Crippen LogP contribution in [0.4, 0.5) is 0 Å². The third kappa shape index (κ3) is 5.09. The van der Waals surface area contributed by atoms with Gasteiger partial charge in [0.1, 0.15) is 0 Å². The molecule has 0 saturated heterocycles. The number of nitrogens with one attached hydrogen (secondary N) is 1. The fraction of sp³-hybridized carbons (Fsp3) is 0.929. The minimum Gasteiger partial charge on any atom is -0.466 e. The van der Waals surface area contributed by atoms with Crippen molar-refractivity contribution in [2.45, 2.75) is 57.6 Å². The monoisotopic (exact) mass is 273 g/mol. The number of aliphatic hydroxyl groups excluding tert-OH is 1. The van der Waals surface area contributed by atoms with Gasteiger partial charge in [0, 0.05) is 12.1 Å². The Balaban J connectivity index is 2.41. The molecule has 1 aliphatic rings. The fourth-order valence-electron chi connectivity index (χ4n) is 2.29. The van der Waals surface area contributed by atoms with E-state index in [1.807, 2.05) is 13.8 Å². The lowest BCUT2D eigenvalue weighted by molar-refractivity contribution is -0.151. The minimum atomic E-state index is -0.782. The molecule has 0 unspecified atom stereocenters. The van der Waals surface area contributed by atoms with Gasteiger partial charge in [-0.25, -0.2) is 0 Å². The van der Waals surface area contributed by atoms with Crippen LogP contribution in [-0.2, 0) is 9.53 Å². The van der Waals surface area contributed by atoms with Crippen LogP contribution in [0.15, 0.2) is 0 Å². The first kappa shape index (κ1) is 16.4. The Morgan fingerprint density at radius 1 is 1.42 bits per heavy atom. The highest BCUT2D eigenvalue weighted by molar-refractivity contribution is 5.72. The molecule has 0 bridgehead atoms. The van der Waals surface area contributed by atoms with Gasteiger partial charge in [0.2, 0.25) is 0 Å². The molecule has 0 atom stereocenters. The normalized spacial score (nSPS) is 28.2. The van der Waals surface area contributed by atoms with Gasteiger partial charge in [-0.3, -0.25) is 4.79 Å². The van der Waals surface area contributed by atoms with Crippen molar-refractivity contribution in [3.05, 3.63) is 0 Å². The summed E-state index contributed by atoms with van der Waals surface area (Å²) in [6.45, 7) is 6.45. The summed E-state index contributed by atoms with van der Waals surface area (Å²) in [5, 5.41) is 22.8. The number of carbonyl (C=O) groups excluding carboxylic acids is 1. The molecule has 0 spiro atoms. The molecular weight excluding hydrogens is 246 g/mol. The Labute approximate surface area is 115 Å². The van der Waals surface area contributed by atoms with Gasteiger partial charge in [-0.2, -0.15) is 0 Å². The maximum absolute atomic E-state index is 11.6. The van der Waals surface area contributed by atoms with Crippen LogP contribution in [0.5, 0.6) is 0 Å². The average molecular weight is 273 g/mol. The van der Waals surface area contributed by atoms with Crippen molar-refractivity contribution in [3.63, 3.8) is 0 Å². The summed E-state index contributed by atoms with van der Waals surface area (Å²) in [5.74, 6) is -0.223. The smallest absolute Gasteiger partial charge is 0.308 e. The Morgan fingerprint density at radius 3 is 2.47 bits per heavy atom. The summed E-state index contributed by atoms with van der Waals surface area (Å²) in [6, 6.07) is 0. The highest BCUT2D eigenvalue weighted by Crippen LogP contribution is 2.32. The van der Waals surface area contributed by atoms with Crippen LogP contribution in [0.1, 0.15) is 46.5 Å². The number of hydrogen-bond donors (Lipinski definition) is 3. The van der Waals surface area contributed by atoms with E-state index in [1.165, 1.54) is 0 Å². The second kappa shape index (κ2) is 6.68. The molecule has 3 N–H and O–H groups in total. The minimum absolute atomic E-state index is 0.0224. The molecule has 0 aliphatic heterocycles. The molecule has 0 aromatic rings. The Hall–Kier alpha value is -0.650. The average Bonchev–Trinajstić information content (AvgIpc) is 2.38. The van der Waals surface area contributed by atoms with Gasteiger partial charge >= 0.3 is 5.97 Å². The molecule has 0 amide bonds. The Kier molecular flexibility index (Phi) is 5.77. The van der Waals surface area contributed by atoms with Crippen LogP contribution in [0, 0.1) is 5.92 Å². The fourth-order valence-corrected chi connectivity index (χ4v) is 2.29. The first-order chi connectivity index (χ1) is 8.82. The largest absolute Gasteiger partial charge is 0.466 e. The van der Waals surface area contributed by atoms with E-state index in [0.29, 0.717) is 38.8 Å². The van der Waals surface area contributed by atoms with E-state index in [9.17, 15) is 15.0 Å². The number of carbonyl (C=O) groups is 1. The Bertz CT molecular complexity index is 296. The first-order valence-electron chi connectivity index (χ1n) is 7.07.